The highest BCUT2D eigenvalue weighted by Gasteiger charge is 2.22. The van der Waals surface area contributed by atoms with Crippen LogP contribution in [0.4, 0.5) is 5.82 Å². The Morgan fingerprint density at radius 2 is 2.06 bits per heavy atom. The van der Waals surface area contributed by atoms with Gasteiger partial charge in [-0.3, -0.25) is 4.90 Å². The van der Waals surface area contributed by atoms with Crippen molar-refractivity contribution in [3.63, 3.8) is 0 Å². The summed E-state index contributed by atoms with van der Waals surface area (Å²) in [6.07, 6.45) is 7.74. The standard InChI is InChI=1S/C26H30N4O3/c1-3-19-11-12-23(24(16-19)33-18-32-4-2)25-21-9-5-6-10-22(21)26(29-28-25)27-20-8-7-13-30(17-20)14-15-31/h1,5-6,9-12,16,20,31H,4,7-8,13-15,17-18H2,2H3,(H,27,29)/t20-/m1/s1. The van der Waals surface area contributed by atoms with Crippen molar-refractivity contribution in [3.05, 3.63) is 48.0 Å². The molecule has 4 rings (SSSR count). The van der Waals surface area contributed by atoms with Gasteiger partial charge in [0.05, 0.1) is 6.61 Å². The number of terminal acetylenes is 1. The zero-order valence-corrected chi connectivity index (χ0v) is 19.0. The number of rotatable bonds is 9. The molecule has 0 saturated carbocycles. The molecule has 1 aliphatic heterocycles. The lowest BCUT2D eigenvalue weighted by Gasteiger charge is -2.33. The molecule has 2 aromatic carbocycles. The van der Waals surface area contributed by atoms with Gasteiger partial charge in [-0.05, 0) is 44.5 Å². The summed E-state index contributed by atoms with van der Waals surface area (Å²) in [5.41, 5.74) is 2.28. The Kier molecular flexibility index (Phi) is 7.74. The second kappa shape index (κ2) is 11.1. The minimum absolute atomic E-state index is 0.133. The average Bonchev–Trinajstić information content (AvgIpc) is 2.85. The van der Waals surface area contributed by atoms with Gasteiger partial charge in [-0.1, -0.05) is 30.2 Å². The Bertz CT molecular complexity index is 1130. The predicted octanol–water partition coefficient (Wildman–Crippen LogP) is 3.52. The number of hydrogen-bond acceptors (Lipinski definition) is 7. The van der Waals surface area contributed by atoms with E-state index in [2.05, 4.69) is 32.4 Å². The molecule has 7 heteroatoms. The maximum atomic E-state index is 9.28. The van der Waals surface area contributed by atoms with E-state index in [1.165, 1.54) is 0 Å². The summed E-state index contributed by atoms with van der Waals surface area (Å²) >= 11 is 0. The van der Waals surface area contributed by atoms with Crippen molar-refractivity contribution in [1.82, 2.24) is 15.1 Å². The van der Waals surface area contributed by atoms with Crippen LogP contribution in [0, 0.1) is 12.3 Å². The number of aromatic nitrogens is 2. The van der Waals surface area contributed by atoms with Crippen LogP contribution in [0.2, 0.25) is 0 Å². The molecule has 3 aromatic rings. The van der Waals surface area contributed by atoms with Crippen molar-refractivity contribution in [3.8, 4) is 29.4 Å². The molecule has 0 bridgehead atoms. The van der Waals surface area contributed by atoms with E-state index in [0.29, 0.717) is 18.9 Å². The van der Waals surface area contributed by atoms with Crippen molar-refractivity contribution in [1.29, 1.82) is 0 Å². The minimum Gasteiger partial charge on any atom is -0.467 e. The summed E-state index contributed by atoms with van der Waals surface area (Å²) in [5, 5.41) is 24.0. The van der Waals surface area contributed by atoms with Crippen molar-refractivity contribution >= 4 is 16.6 Å². The summed E-state index contributed by atoms with van der Waals surface area (Å²) < 4.78 is 11.3. The number of aliphatic hydroxyl groups is 1. The monoisotopic (exact) mass is 446 g/mol. The molecule has 172 valence electrons. The number of piperidine rings is 1. The molecule has 0 radical (unpaired) electrons. The van der Waals surface area contributed by atoms with E-state index in [-0.39, 0.29) is 19.4 Å². The van der Waals surface area contributed by atoms with Gasteiger partial charge in [0.2, 0.25) is 0 Å². The summed E-state index contributed by atoms with van der Waals surface area (Å²) in [6, 6.07) is 14.0. The number of hydrogen-bond donors (Lipinski definition) is 2. The van der Waals surface area contributed by atoms with Crippen LogP contribution in [0.25, 0.3) is 22.0 Å². The van der Waals surface area contributed by atoms with Gasteiger partial charge in [0.1, 0.15) is 11.4 Å². The van der Waals surface area contributed by atoms with Crippen LogP contribution in [0.5, 0.6) is 5.75 Å². The second-order valence-corrected chi connectivity index (χ2v) is 8.06. The molecule has 1 aromatic heterocycles. The number of likely N-dealkylation sites (tertiary alicyclic amines) is 1. The van der Waals surface area contributed by atoms with Crippen LogP contribution in [0.15, 0.2) is 42.5 Å². The van der Waals surface area contributed by atoms with Gasteiger partial charge in [0.15, 0.2) is 12.6 Å². The fourth-order valence-electron chi connectivity index (χ4n) is 4.24. The van der Waals surface area contributed by atoms with E-state index in [0.717, 1.165) is 59.3 Å². The summed E-state index contributed by atoms with van der Waals surface area (Å²) in [7, 11) is 0. The molecule has 7 nitrogen and oxygen atoms in total. The molecular formula is C26H30N4O3. The van der Waals surface area contributed by atoms with Gasteiger partial charge in [0.25, 0.3) is 0 Å². The molecule has 1 fully saturated rings. The Morgan fingerprint density at radius 1 is 1.21 bits per heavy atom. The maximum Gasteiger partial charge on any atom is 0.189 e. The van der Waals surface area contributed by atoms with Gasteiger partial charge in [0, 0.05) is 47.6 Å². The molecule has 0 aliphatic carbocycles. The highest BCUT2D eigenvalue weighted by atomic mass is 16.7. The van der Waals surface area contributed by atoms with Gasteiger partial charge in [-0.2, -0.15) is 0 Å². The molecule has 1 atom stereocenters. The fraction of sp³-hybridized carbons (Fsp3) is 0.385. The number of β-amino-alcohol motifs (C(OH)–C–C–N with tert-alkyl or cyclic N) is 1. The van der Waals surface area contributed by atoms with E-state index in [1.54, 1.807) is 0 Å². The molecular weight excluding hydrogens is 416 g/mol. The Morgan fingerprint density at radius 3 is 2.85 bits per heavy atom. The Balaban J connectivity index is 1.68. The van der Waals surface area contributed by atoms with E-state index < -0.39 is 0 Å². The first kappa shape index (κ1) is 23.0. The van der Waals surface area contributed by atoms with Gasteiger partial charge >= 0.3 is 0 Å². The van der Waals surface area contributed by atoms with Crippen LogP contribution in [-0.4, -0.2) is 65.9 Å². The second-order valence-electron chi connectivity index (χ2n) is 8.06. The first-order valence-electron chi connectivity index (χ1n) is 11.4. The first-order chi connectivity index (χ1) is 16.2. The molecule has 1 aliphatic rings. The largest absolute Gasteiger partial charge is 0.467 e. The number of aliphatic hydroxyl groups excluding tert-OH is 1. The predicted molar refractivity (Wildman–Crippen MR) is 130 cm³/mol. The molecule has 0 unspecified atom stereocenters. The fourth-order valence-corrected chi connectivity index (χ4v) is 4.24. The highest BCUT2D eigenvalue weighted by molar-refractivity contribution is 6.01. The minimum atomic E-state index is 0.133. The third kappa shape index (κ3) is 5.42. The highest BCUT2D eigenvalue weighted by Crippen LogP contribution is 2.36. The van der Waals surface area contributed by atoms with Crippen molar-refractivity contribution < 1.29 is 14.6 Å². The lowest BCUT2D eigenvalue weighted by Crippen LogP contribution is -2.43. The van der Waals surface area contributed by atoms with Crippen LogP contribution in [0.3, 0.4) is 0 Å². The van der Waals surface area contributed by atoms with E-state index in [9.17, 15) is 5.11 Å². The third-order valence-corrected chi connectivity index (χ3v) is 5.86. The quantitative estimate of drug-likeness (QED) is 0.296. The summed E-state index contributed by atoms with van der Waals surface area (Å²) in [4.78, 5) is 2.28. The average molecular weight is 447 g/mol. The van der Waals surface area contributed by atoms with E-state index in [4.69, 9.17) is 15.9 Å². The lowest BCUT2D eigenvalue weighted by atomic mass is 10.0. The van der Waals surface area contributed by atoms with Crippen molar-refractivity contribution in [2.45, 2.75) is 25.8 Å². The van der Waals surface area contributed by atoms with E-state index in [1.807, 2.05) is 43.3 Å². The topological polar surface area (TPSA) is 79.7 Å². The van der Waals surface area contributed by atoms with E-state index >= 15 is 0 Å². The zero-order chi connectivity index (χ0) is 23.0. The summed E-state index contributed by atoms with van der Waals surface area (Å²) in [5.74, 6) is 4.04. The molecule has 2 heterocycles. The Labute approximate surface area is 194 Å². The van der Waals surface area contributed by atoms with Gasteiger partial charge in [-0.15, -0.1) is 16.6 Å². The van der Waals surface area contributed by atoms with Gasteiger partial charge in [-0.25, -0.2) is 0 Å². The number of benzene rings is 2. The van der Waals surface area contributed by atoms with Crippen LogP contribution in [0.1, 0.15) is 25.3 Å². The smallest absolute Gasteiger partial charge is 0.189 e. The van der Waals surface area contributed by atoms with Crippen LogP contribution in [-0.2, 0) is 4.74 Å². The third-order valence-electron chi connectivity index (χ3n) is 5.86. The van der Waals surface area contributed by atoms with Crippen molar-refractivity contribution in [2.75, 3.05) is 45.0 Å². The number of nitrogens with zero attached hydrogens (tertiary/aromatic N) is 3. The first-order valence-corrected chi connectivity index (χ1v) is 11.4. The molecule has 0 spiro atoms. The molecule has 1 saturated heterocycles. The van der Waals surface area contributed by atoms with Gasteiger partial charge < -0.3 is 19.9 Å². The Hall–Kier alpha value is -3.18. The van der Waals surface area contributed by atoms with Crippen LogP contribution >= 0.6 is 0 Å². The number of fused-ring (bicyclic) bond motifs is 1. The normalized spacial score (nSPS) is 16.5. The number of ether oxygens (including phenoxy) is 2. The number of anilines is 1. The number of nitrogens with one attached hydrogen (secondary N) is 1. The lowest BCUT2D eigenvalue weighted by molar-refractivity contribution is 0.0227. The molecule has 2 N–H and O–H groups in total. The van der Waals surface area contributed by atoms with Crippen LogP contribution < -0.4 is 10.1 Å². The SMILES string of the molecule is C#Cc1ccc(-c2nnc(N[C@@H]3CCCN(CCO)C3)c3ccccc23)c(OCOCC)c1. The van der Waals surface area contributed by atoms with Crippen molar-refractivity contribution in [2.24, 2.45) is 0 Å². The molecule has 33 heavy (non-hydrogen) atoms. The maximum absolute atomic E-state index is 9.28. The zero-order valence-electron chi connectivity index (χ0n) is 19.0. The summed E-state index contributed by atoms with van der Waals surface area (Å²) in [6.45, 7) is 5.38. The molecule has 0 amide bonds.